The van der Waals surface area contributed by atoms with Crippen LogP contribution < -0.4 is 5.32 Å². The van der Waals surface area contributed by atoms with Crippen LogP contribution in [-0.2, 0) is 0 Å². The summed E-state index contributed by atoms with van der Waals surface area (Å²) in [5, 5.41) is 5.99. The third kappa shape index (κ3) is 1.84. The van der Waals surface area contributed by atoms with Crippen molar-refractivity contribution in [3.63, 3.8) is 0 Å². The Kier molecular flexibility index (Phi) is 2.45. The molecule has 0 fully saturated rings. The van der Waals surface area contributed by atoms with E-state index in [-0.39, 0.29) is 0 Å². The molecule has 1 heterocycles. The summed E-state index contributed by atoms with van der Waals surface area (Å²) in [6.45, 7) is 2.18. The van der Waals surface area contributed by atoms with Crippen molar-refractivity contribution < 1.29 is 0 Å². The number of benzene rings is 2. The van der Waals surface area contributed by atoms with Gasteiger partial charge in [0, 0.05) is 0 Å². The van der Waals surface area contributed by atoms with Gasteiger partial charge in [0.05, 0.1) is 6.04 Å². The standard InChI is InChI=1S/C16H15N/c1-12-10-13-6-2-3-7-14(13)11-15(12)16-8-4-5-9-17-16/h2-11,16-17H,1H3. The van der Waals surface area contributed by atoms with Gasteiger partial charge in [0.15, 0.2) is 0 Å². The zero-order chi connectivity index (χ0) is 11.7. The Morgan fingerprint density at radius 1 is 1.00 bits per heavy atom. The SMILES string of the molecule is Cc1cc2ccccc2cc1C1C=CC=CN1. The molecule has 0 saturated carbocycles. The van der Waals surface area contributed by atoms with E-state index in [2.05, 4.69) is 60.8 Å². The second-order valence-electron chi connectivity index (χ2n) is 4.44. The van der Waals surface area contributed by atoms with Crippen LogP contribution in [0.3, 0.4) is 0 Å². The van der Waals surface area contributed by atoms with Crippen molar-refractivity contribution in [1.29, 1.82) is 0 Å². The molecule has 2 aromatic rings. The molecule has 0 saturated heterocycles. The third-order valence-electron chi connectivity index (χ3n) is 3.26. The van der Waals surface area contributed by atoms with Crippen LogP contribution in [0.15, 0.2) is 60.8 Å². The number of hydrogen-bond acceptors (Lipinski definition) is 1. The first kappa shape index (κ1) is 10.2. The Balaban J connectivity index is 2.13. The first-order valence-corrected chi connectivity index (χ1v) is 5.93. The van der Waals surface area contributed by atoms with E-state index in [1.807, 2.05) is 12.3 Å². The lowest BCUT2D eigenvalue weighted by molar-refractivity contribution is 0.742. The fourth-order valence-electron chi connectivity index (χ4n) is 2.35. The van der Waals surface area contributed by atoms with Crippen LogP contribution >= 0.6 is 0 Å². The fraction of sp³-hybridized carbons (Fsp3) is 0.125. The summed E-state index contributed by atoms with van der Waals surface area (Å²) in [6, 6.07) is 13.3. The van der Waals surface area contributed by atoms with Gasteiger partial charge >= 0.3 is 0 Å². The van der Waals surface area contributed by atoms with Crippen molar-refractivity contribution >= 4 is 10.8 Å². The monoisotopic (exact) mass is 221 g/mol. The summed E-state index contributed by atoms with van der Waals surface area (Å²) < 4.78 is 0. The van der Waals surface area contributed by atoms with Gasteiger partial charge in [-0.3, -0.25) is 0 Å². The van der Waals surface area contributed by atoms with Crippen LogP contribution in [0.2, 0.25) is 0 Å². The van der Waals surface area contributed by atoms with Crippen molar-refractivity contribution in [2.45, 2.75) is 13.0 Å². The van der Waals surface area contributed by atoms with Crippen molar-refractivity contribution in [3.8, 4) is 0 Å². The maximum Gasteiger partial charge on any atom is 0.0698 e. The van der Waals surface area contributed by atoms with Gasteiger partial charge in [0.2, 0.25) is 0 Å². The zero-order valence-electron chi connectivity index (χ0n) is 9.85. The van der Waals surface area contributed by atoms with Gasteiger partial charge in [0.1, 0.15) is 0 Å². The molecule has 1 N–H and O–H groups in total. The highest BCUT2D eigenvalue weighted by Gasteiger charge is 2.11. The molecular formula is C16H15N. The molecule has 1 aliphatic rings. The number of rotatable bonds is 1. The maximum absolute atomic E-state index is 3.37. The molecule has 0 radical (unpaired) electrons. The summed E-state index contributed by atoms with van der Waals surface area (Å²) in [6.07, 6.45) is 8.30. The molecule has 1 heteroatoms. The van der Waals surface area contributed by atoms with Gasteiger partial charge in [-0.2, -0.15) is 0 Å². The van der Waals surface area contributed by atoms with E-state index >= 15 is 0 Å². The topological polar surface area (TPSA) is 12.0 Å². The van der Waals surface area contributed by atoms with Crippen molar-refractivity contribution in [3.05, 3.63) is 72.0 Å². The molecule has 0 amide bonds. The van der Waals surface area contributed by atoms with E-state index < -0.39 is 0 Å². The van der Waals surface area contributed by atoms with Gasteiger partial charge in [0.25, 0.3) is 0 Å². The van der Waals surface area contributed by atoms with E-state index in [9.17, 15) is 0 Å². The molecule has 0 bridgehead atoms. The van der Waals surface area contributed by atoms with Crippen LogP contribution in [0, 0.1) is 6.92 Å². The van der Waals surface area contributed by atoms with Gasteiger partial charge in [-0.1, -0.05) is 42.5 Å². The highest BCUT2D eigenvalue weighted by Crippen LogP contribution is 2.26. The predicted molar refractivity (Wildman–Crippen MR) is 72.8 cm³/mol. The summed E-state index contributed by atoms with van der Waals surface area (Å²) in [5.74, 6) is 0. The Hall–Kier alpha value is -2.02. The number of hydrogen-bond donors (Lipinski definition) is 1. The molecule has 1 unspecified atom stereocenters. The average Bonchev–Trinajstić information content (AvgIpc) is 2.39. The Morgan fingerprint density at radius 2 is 1.76 bits per heavy atom. The lowest BCUT2D eigenvalue weighted by atomic mass is 9.96. The summed E-state index contributed by atoms with van der Waals surface area (Å²) in [7, 11) is 0. The first-order chi connectivity index (χ1) is 8.34. The molecule has 2 aromatic carbocycles. The molecule has 17 heavy (non-hydrogen) atoms. The summed E-state index contributed by atoms with van der Waals surface area (Å²) in [5.41, 5.74) is 2.69. The van der Waals surface area contributed by atoms with Crippen molar-refractivity contribution in [2.24, 2.45) is 0 Å². The average molecular weight is 221 g/mol. The highest BCUT2D eigenvalue weighted by atomic mass is 14.9. The minimum atomic E-state index is 0.296. The van der Waals surface area contributed by atoms with Crippen LogP contribution in [-0.4, -0.2) is 0 Å². The van der Waals surface area contributed by atoms with Crippen LogP contribution in [0.4, 0.5) is 0 Å². The third-order valence-corrected chi connectivity index (χ3v) is 3.26. The summed E-state index contributed by atoms with van der Waals surface area (Å²) in [4.78, 5) is 0. The smallest absolute Gasteiger partial charge is 0.0698 e. The lowest BCUT2D eigenvalue weighted by Crippen LogP contribution is -2.15. The minimum absolute atomic E-state index is 0.296. The largest absolute Gasteiger partial charge is 0.381 e. The Labute approximate surface area is 101 Å². The zero-order valence-corrected chi connectivity index (χ0v) is 9.85. The predicted octanol–water partition coefficient (Wildman–Crippen LogP) is 3.86. The fourth-order valence-corrected chi connectivity index (χ4v) is 2.35. The molecule has 84 valence electrons. The van der Waals surface area contributed by atoms with E-state index in [0.717, 1.165) is 0 Å². The molecule has 1 atom stereocenters. The molecule has 3 rings (SSSR count). The van der Waals surface area contributed by atoms with E-state index in [1.165, 1.54) is 21.9 Å². The normalized spacial score (nSPS) is 18.3. The Morgan fingerprint density at radius 3 is 2.47 bits per heavy atom. The first-order valence-electron chi connectivity index (χ1n) is 5.93. The number of dihydropyridines is 1. The highest BCUT2D eigenvalue weighted by molar-refractivity contribution is 5.84. The van der Waals surface area contributed by atoms with Crippen molar-refractivity contribution in [2.75, 3.05) is 0 Å². The number of nitrogens with one attached hydrogen (secondary N) is 1. The van der Waals surface area contributed by atoms with Gasteiger partial charge in [-0.05, 0) is 47.2 Å². The van der Waals surface area contributed by atoms with Gasteiger partial charge in [-0.15, -0.1) is 0 Å². The second-order valence-corrected chi connectivity index (χ2v) is 4.44. The van der Waals surface area contributed by atoms with Crippen LogP contribution in [0.25, 0.3) is 10.8 Å². The lowest BCUT2D eigenvalue weighted by Gasteiger charge is -2.19. The minimum Gasteiger partial charge on any atom is -0.381 e. The second kappa shape index (κ2) is 4.10. The number of fused-ring (bicyclic) bond motifs is 1. The quantitative estimate of drug-likeness (QED) is 0.771. The molecule has 0 aliphatic carbocycles. The van der Waals surface area contributed by atoms with Gasteiger partial charge in [-0.25, -0.2) is 0 Å². The van der Waals surface area contributed by atoms with Crippen molar-refractivity contribution in [1.82, 2.24) is 5.32 Å². The Bertz CT molecular complexity index is 608. The van der Waals surface area contributed by atoms with E-state index in [4.69, 9.17) is 0 Å². The van der Waals surface area contributed by atoms with Gasteiger partial charge < -0.3 is 5.32 Å². The van der Waals surface area contributed by atoms with E-state index in [0.29, 0.717) is 6.04 Å². The van der Waals surface area contributed by atoms with E-state index in [1.54, 1.807) is 0 Å². The molecule has 0 aromatic heterocycles. The number of aryl methyl sites for hydroxylation is 1. The van der Waals surface area contributed by atoms with Crippen LogP contribution in [0.1, 0.15) is 17.2 Å². The van der Waals surface area contributed by atoms with Crippen LogP contribution in [0.5, 0.6) is 0 Å². The molecular weight excluding hydrogens is 206 g/mol. The maximum atomic E-state index is 3.37. The molecule has 1 aliphatic heterocycles. The molecule has 1 nitrogen and oxygen atoms in total. The number of allylic oxidation sites excluding steroid dienone is 2. The summed E-state index contributed by atoms with van der Waals surface area (Å²) >= 11 is 0. The molecule has 0 spiro atoms.